The van der Waals surface area contributed by atoms with Crippen LogP contribution >= 0.6 is 0 Å². The monoisotopic (exact) mass is 284 g/mol. The molecule has 5 nitrogen and oxygen atoms in total. The first-order chi connectivity index (χ1) is 10.2. The van der Waals surface area contributed by atoms with E-state index in [4.69, 9.17) is 0 Å². The van der Waals surface area contributed by atoms with Gasteiger partial charge in [0.25, 0.3) is 5.91 Å². The number of rotatable bonds is 3. The molecule has 0 bridgehead atoms. The lowest BCUT2D eigenvalue weighted by Crippen LogP contribution is -2.40. The van der Waals surface area contributed by atoms with Crippen molar-refractivity contribution < 1.29 is 14.7 Å². The van der Waals surface area contributed by atoms with Crippen LogP contribution in [0, 0.1) is 5.92 Å². The fourth-order valence-electron chi connectivity index (χ4n) is 2.96. The van der Waals surface area contributed by atoms with E-state index in [1.165, 1.54) is 0 Å². The van der Waals surface area contributed by atoms with Crippen molar-refractivity contribution >= 4 is 22.8 Å². The fourth-order valence-corrected chi connectivity index (χ4v) is 2.96. The molecule has 1 amide bonds. The van der Waals surface area contributed by atoms with Gasteiger partial charge in [0.15, 0.2) is 0 Å². The molecule has 1 saturated carbocycles. The Kier molecular flexibility index (Phi) is 3.56. The van der Waals surface area contributed by atoms with Gasteiger partial charge in [-0.15, -0.1) is 0 Å². The van der Waals surface area contributed by atoms with Crippen molar-refractivity contribution in [2.45, 2.75) is 25.3 Å². The Bertz CT molecular complexity index is 693. The van der Waals surface area contributed by atoms with E-state index in [9.17, 15) is 14.7 Å². The summed E-state index contributed by atoms with van der Waals surface area (Å²) in [7, 11) is 0. The normalized spacial score (nSPS) is 21.3. The second-order valence-electron chi connectivity index (χ2n) is 5.34. The summed E-state index contributed by atoms with van der Waals surface area (Å²) < 4.78 is 0. The summed E-state index contributed by atoms with van der Waals surface area (Å²) >= 11 is 0. The van der Waals surface area contributed by atoms with Crippen LogP contribution in [0.3, 0.4) is 0 Å². The average molecular weight is 284 g/mol. The second-order valence-corrected chi connectivity index (χ2v) is 5.34. The number of hydrogen-bond donors (Lipinski definition) is 2. The molecule has 1 fully saturated rings. The number of nitrogens with one attached hydrogen (secondary N) is 1. The highest BCUT2D eigenvalue weighted by Crippen LogP contribution is 2.26. The van der Waals surface area contributed by atoms with Crippen molar-refractivity contribution in [2.75, 3.05) is 0 Å². The highest BCUT2D eigenvalue weighted by atomic mass is 16.4. The molecule has 1 aliphatic carbocycles. The number of aliphatic carboxylic acids is 1. The first-order valence-corrected chi connectivity index (χ1v) is 7.04. The van der Waals surface area contributed by atoms with Gasteiger partial charge in [-0.1, -0.05) is 24.6 Å². The Morgan fingerprint density at radius 3 is 2.81 bits per heavy atom. The van der Waals surface area contributed by atoms with Gasteiger partial charge in [-0.25, -0.2) is 0 Å². The maximum atomic E-state index is 12.4. The first kappa shape index (κ1) is 13.5. The summed E-state index contributed by atoms with van der Waals surface area (Å²) in [5, 5.41) is 12.9. The Hall–Kier alpha value is -2.43. The molecule has 1 aromatic carbocycles. The lowest BCUT2D eigenvalue weighted by Gasteiger charge is -2.18. The molecule has 1 aliphatic rings. The van der Waals surface area contributed by atoms with E-state index in [1.807, 2.05) is 24.3 Å². The van der Waals surface area contributed by atoms with Gasteiger partial charge >= 0.3 is 5.97 Å². The molecule has 1 aromatic heterocycles. The largest absolute Gasteiger partial charge is 0.481 e. The molecular formula is C16H16N2O3. The fraction of sp³-hybridized carbons (Fsp3) is 0.312. The smallest absolute Gasteiger partial charge is 0.308 e. The van der Waals surface area contributed by atoms with Crippen LogP contribution < -0.4 is 5.32 Å². The van der Waals surface area contributed by atoms with Gasteiger partial charge in [0.05, 0.1) is 17.0 Å². The van der Waals surface area contributed by atoms with Gasteiger partial charge in [-0.2, -0.15) is 0 Å². The third-order valence-electron chi connectivity index (χ3n) is 4.03. The summed E-state index contributed by atoms with van der Waals surface area (Å²) in [6.45, 7) is 0. The van der Waals surface area contributed by atoms with Crippen LogP contribution in [0.1, 0.15) is 29.6 Å². The zero-order chi connectivity index (χ0) is 14.8. The van der Waals surface area contributed by atoms with Gasteiger partial charge in [-0.05, 0) is 25.0 Å². The molecule has 21 heavy (non-hydrogen) atoms. The molecular weight excluding hydrogens is 268 g/mol. The van der Waals surface area contributed by atoms with Crippen molar-refractivity contribution in [2.24, 2.45) is 5.92 Å². The Labute approximate surface area is 122 Å². The zero-order valence-corrected chi connectivity index (χ0v) is 11.5. The number of nitrogens with zero attached hydrogens (tertiary/aromatic N) is 1. The highest BCUT2D eigenvalue weighted by Gasteiger charge is 2.34. The maximum absolute atomic E-state index is 12.4. The van der Waals surface area contributed by atoms with Gasteiger partial charge in [0.2, 0.25) is 0 Å². The van der Waals surface area contributed by atoms with E-state index in [0.29, 0.717) is 23.9 Å². The Balaban J connectivity index is 1.86. The molecule has 2 aromatic rings. The van der Waals surface area contributed by atoms with Crippen molar-refractivity contribution in [3.05, 3.63) is 42.1 Å². The van der Waals surface area contributed by atoms with Gasteiger partial charge in [-0.3, -0.25) is 14.6 Å². The Morgan fingerprint density at radius 2 is 2.00 bits per heavy atom. The van der Waals surface area contributed by atoms with E-state index in [0.717, 1.165) is 11.8 Å². The SMILES string of the molecule is O=C(NC1CCCC1C(=O)O)c1cccc2cccnc12. The molecule has 0 aliphatic heterocycles. The topological polar surface area (TPSA) is 79.3 Å². The molecule has 1 heterocycles. The van der Waals surface area contributed by atoms with Crippen molar-refractivity contribution in [3.8, 4) is 0 Å². The molecule has 2 atom stereocenters. The summed E-state index contributed by atoms with van der Waals surface area (Å²) in [4.78, 5) is 27.9. The summed E-state index contributed by atoms with van der Waals surface area (Å²) in [6, 6.07) is 8.84. The van der Waals surface area contributed by atoms with Crippen LogP contribution in [0.15, 0.2) is 36.5 Å². The third kappa shape index (κ3) is 2.59. The predicted molar refractivity (Wildman–Crippen MR) is 78.0 cm³/mol. The van der Waals surface area contributed by atoms with Crippen LogP contribution in [0.25, 0.3) is 10.9 Å². The number of benzene rings is 1. The minimum Gasteiger partial charge on any atom is -0.481 e. The minimum absolute atomic E-state index is 0.252. The van der Waals surface area contributed by atoms with Crippen molar-refractivity contribution in [1.29, 1.82) is 0 Å². The highest BCUT2D eigenvalue weighted by molar-refractivity contribution is 6.05. The van der Waals surface area contributed by atoms with Crippen molar-refractivity contribution in [3.63, 3.8) is 0 Å². The second kappa shape index (κ2) is 5.52. The summed E-state index contributed by atoms with van der Waals surface area (Å²) in [6.07, 6.45) is 3.80. The number of amides is 1. The maximum Gasteiger partial charge on any atom is 0.308 e. The number of aromatic nitrogens is 1. The summed E-state index contributed by atoms with van der Waals surface area (Å²) in [5.41, 5.74) is 1.13. The molecule has 0 spiro atoms. The van der Waals surface area contributed by atoms with Gasteiger partial charge in [0.1, 0.15) is 0 Å². The molecule has 2 unspecified atom stereocenters. The number of para-hydroxylation sites is 1. The Morgan fingerprint density at radius 1 is 1.19 bits per heavy atom. The van der Waals surface area contributed by atoms with Gasteiger partial charge < -0.3 is 10.4 Å². The standard InChI is InChI=1S/C16H16N2O3/c19-15(18-13-8-2-6-11(13)16(20)21)12-7-1-4-10-5-3-9-17-14(10)12/h1,3-5,7,9,11,13H,2,6,8H2,(H,18,19)(H,20,21). The lowest BCUT2D eigenvalue weighted by molar-refractivity contribution is -0.142. The number of fused-ring (bicyclic) bond motifs is 1. The quantitative estimate of drug-likeness (QED) is 0.905. The molecule has 5 heteroatoms. The van der Waals surface area contributed by atoms with Crippen LogP contribution in [0.5, 0.6) is 0 Å². The van der Waals surface area contributed by atoms with Crippen molar-refractivity contribution in [1.82, 2.24) is 10.3 Å². The predicted octanol–water partition coefficient (Wildman–Crippen LogP) is 2.22. The number of carboxylic acids is 1. The molecule has 0 saturated heterocycles. The summed E-state index contributed by atoms with van der Waals surface area (Å²) in [5.74, 6) is -1.58. The van der Waals surface area contributed by atoms with Crippen LogP contribution in [0.4, 0.5) is 0 Å². The number of carboxylic acid groups (broad SMARTS) is 1. The molecule has 0 radical (unpaired) electrons. The van der Waals surface area contributed by atoms with E-state index in [1.54, 1.807) is 12.3 Å². The molecule has 3 rings (SSSR count). The third-order valence-corrected chi connectivity index (χ3v) is 4.03. The lowest BCUT2D eigenvalue weighted by atomic mass is 10.0. The number of carbonyl (C=O) groups excluding carboxylic acids is 1. The zero-order valence-electron chi connectivity index (χ0n) is 11.5. The first-order valence-electron chi connectivity index (χ1n) is 7.04. The number of pyridine rings is 1. The van der Waals surface area contributed by atoms with E-state index < -0.39 is 11.9 Å². The van der Waals surface area contributed by atoms with E-state index in [-0.39, 0.29) is 11.9 Å². The number of carbonyl (C=O) groups is 2. The minimum atomic E-state index is -0.839. The van der Waals surface area contributed by atoms with Crippen LogP contribution in [-0.4, -0.2) is 28.0 Å². The molecule has 2 N–H and O–H groups in total. The van der Waals surface area contributed by atoms with E-state index >= 15 is 0 Å². The number of hydrogen-bond acceptors (Lipinski definition) is 3. The van der Waals surface area contributed by atoms with Crippen LogP contribution in [0.2, 0.25) is 0 Å². The van der Waals surface area contributed by atoms with Gasteiger partial charge in [0, 0.05) is 17.6 Å². The average Bonchev–Trinajstić information content (AvgIpc) is 2.95. The van der Waals surface area contributed by atoms with Crippen LogP contribution in [-0.2, 0) is 4.79 Å². The molecule has 108 valence electrons. The van der Waals surface area contributed by atoms with E-state index in [2.05, 4.69) is 10.3 Å².